The van der Waals surface area contributed by atoms with E-state index in [2.05, 4.69) is 4.98 Å². The van der Waals surface area contributed by atoms with E-state index in [0.717, 1.165) is 0 Å². The van der Waals surface area contributed by atoms with E-state index in [-0.39, 0.29) is 25.4 Å². The second-order valence-electron chi connectivity index (χ2n) is 2.08. The zero-order chi connectivity index (χ0) is 13.1. The quantitative estimate of drug-likeness (QED) is 0.687. The Labute approximate surface area is 117 Å². The summed E-state index contributed by atoms with van der Waals surface area (Å²) in [6.07, 6.45) is 0. The van der Waals surface area contributed by atoms with E-state index in [0.29, 0.717) is 0 Å². The van der Waals surface area contributed by atoms with Gasteiger partial charge in [0.2, 0.25) is 0 Å². The zero-order valence-corrected chi connectivity index (χ0v) is 12.0. The van der Waals surface area contributed by atoms with Crippen molar-refractivity contribution < 1.29 is 29.5 Å². The molecule has 1 heterocycles. The summed E-state index contributed by atoms with van der Waals surface area (Å²) in [5, 5.41) is 0.445. The van der Waals surface area contributed by atoms with E-state index in [9.17, 15) is 0 Å². The molecule has 0 aliphatic carbocycles. The van der Waals surface area contributed by atoms with E-state index in [1.54, 1.807) is 0 Å². The molecule has 16 heavy (non-hydrogen) atoms. The minimum atomic E-state index is -5.25. The first-order chi connectivity index (χ1) is 7.04. The van der Waals surface area contributed by atoms with Gasteiger partial charge in [-0.15, -0.1) is 0 Å². The maximum atomic E-state index is 8.82. The van der Waals surface area contributed by atoms with Gasteiger partial charge >= 0.3 is 29.5 Å². The Morgan fingerprint density at radius 3 is 1.31 bits per heavy atom. The zero-order valence-electron chi connectivity index (χ0n) is 6.96. The summed E-state index contributed by atoms with van der Waals surface area (Å²) in [7, 11) is 0. The van der Waals surface area contributed by atoms with Crippen LogP contribution in [-0.2, 0) is 21.2 Å². The summed E-state index contributed by atoms with van der Waals surface area (Å²) in [5.41, 5.74) is 0. The topological polar surface area (TPSA) is 87.5 Å². The van der Waals surface area contributed by atoms with Crippen molar-refractivity contribution in [3.8, 4) is 0 Å². The number of pyridine rings is 1. The molecule has 0 amide bonds. The van der Waals surface area contributed by atoms with Gasteiger partial charge in [-0.2, -0.15) is 0 Å². The Morgan fingerprint density at radius 1 is 0.812 bits per heavy atom. The van der Waals surface area contributed by atoms with Gasteiger partial charge in [-0.25, -0.2) is 4.98 Å². The molecule has 0 radical (unpaired) electrons. The molecule has 0 spiro atoms. The Kier molecular flexibility index (Phi) is 6.82. The van der Waals surface area contributed by atoms with Crippen molar-refractivity contribution in [3.63, 3.8) is 0 Å². The molecule has 0 saturated heterocycles. The van der Waals surface area contributed by atoms with Gasteiger partial charge in [0.15, 0.2) is 10.3 Å². The van der Waals surface area contributed by atoms with E-state index in [1.807, 2.05) is 0 Å². The molecule has 0 aliphatic heterocycles. The molecule has 0 unspecified atom stereocenters. The average Bonchev–Trinajstić information content (AvgIpc) is 2.09. The van der Waals surface area contributed by atoms with Crippen LogP contribution in [0.4, 0.5) is 0 Å². The Balaban J connectivity index is 0.000000385. The first kappa shape index (κ1) is 16.7. The van der Waals surface area contributed by atoms with Crippen molar-refractivity contribution in [1.29, 1.82) is 0 Å². The van der Waals surface area contributed by atoms with Crippen LogP contribution >= 0.6 is 58.0 Å². The van der Waals surface area contributed by atoms with Gasteiger partial charge in [-0.1, -0.05) is 58.0 Å². The van der Waals surface area contributed by atoms with Gasteiger partial charge in [0, 0.05) is 0 Å². The van der Waals surface area contributed by atoms with Crippen LogP contribution in [0.3, 0.4) is 0 Å². The van der Waals surface area contributed by atoms with Gasteiger partial charge in [-0.3, -0.25) is 0 Å². The Morgan fingerprint density at radius 2 is 1.06 bits per heavy atom. The SMILES string of the molecule is Clc1nc(Cl)c(Cl)c(Cl)c1Cl.[O]=[Cr](=[O])([OH])[OH]. The standard InChI is InChI=1S/C5Cl5N.Cr.2H2O.2O/c6-1-2(7)4(9)11-5(10)3(1)8;;;;;/h;;2*1H2;;/q;+2;;;;/p-2. The van der Waals surface area contributed by atoms with Gasteiger partial charge in [0.05, 0.1) is 15.1 Å². The summed E-state index contributed by atoms with van der Waals surface area (Å²) in [6.45, 7) is 0. The fourth-order valence-corrected chi connectivity index (χ4v) is 1.46. The van der Waals surface area contributed by atoms with Crippen LogP contribution in [-0.4, -0.2) is 13.3 Å². The molecule has 0 atom stereocenters. The average molecular weight is 369 g/mol. The van der Waals surface area contributed by atoms with Crippen LogP contribution in [0, 0.1) is 0 Å². The Bertz CT molecular complexity index is 456. The number of hydrogen-bond donors (Lipinski definition) is 2. The van der Waals surface area contributed by atoms with Crippen LogP contribution < -0.4 is 0 Å². The molecule has 2 N–H and O–H groups in total. The predicted molar refractivity (Wildman–Crippen MR) is 55.1 cm³/mol. The molecule has 92 valence electrons. The number of halogens is 5. The molecule has 1 aromatic heterocycles. The molecule has 0 fully saturated rings. The summed E-state index contributed by atoms with van der Waals surface area (Å²) >= 11 is 22.6. The van der Waals surface area contributed by atoms with Crippen LogP contribution in [0.2, 0.25) is 25.4 Å². The molecule has 0 aromatic carbocycles. The fourth-order valence-electron chi connectivity index (χ4n) is 0.462. The van der Waals surface area contributed by atoms with Crippen molar-refractivity contribution in [2.75, 3.05) is 0 Å². The summed E-state index contributed by atoms with van der Waals surface area (Å²) in [4.78, 5) is 3.62. The summed E-state index contributed by atoms with van der Waals surface area (Å²) in [6, 6.07) is 0. The van der Waals surface area contributed by atoms with Crippen molar-refractivity contribution in [3.05, 3.63) is 25.4 Å². The van der Waals surface area contributed by atoms with Crippen LogP contribution in [0.25, 0.3) is 0 Å². The second-order valence-corrected chi connectivity index (χ2v) is 5.33. The molecule has 0 bridgehead atoms. The third-order valence-electron chi connectivity index (χ3n) is 0.944. The number of nitrogens with zero attached hydrogens (tertiary/aromatic N) is 1. The van der Waals surface area contributed by atoms with Crippen LogP contribution in [0.15, 0.2) is 0 Å². The van der Waals surface area contributed by atoms with Gasteiger partial charge in [0.1, 0.15) is 0 Å². The summed E-state index contributed by atoms with van der Waals surface area (Å²) < 4.78 is 31.9. The van der Waals surface area contributed by atoms with Crippen molar-refractivity contribution in [2.24, 2.45) is 0 Å². The fraction of sp³-hybridized carbons (Fsp3) is 0. The third kappa shape index (κ3) is 6.40. The molecule has 1 rings (SSSR count). The number of rotatable bonds is 0. The third-order valence-corrected chi connectivity index (χ3v) is 2.99. The first-order valence-electron chi connectivity index (χ1n) is 3.09. The molecule has 0 aliphatic rings. The molecule has 5 nitrogen and oxygen atoms in total. The van der Waals surface area contributed by atoms with Gasteiger partial charge in [0.25, 0.3) is 0 Å². The molecular weight excluding hydrogens is 367 g/mol. The minimum absolute atomic E-state index is 0.0473. The van der Waals surface area contributed by atoms with E-state index in [4.69, 9.17) is 73.9 Å². The molecule has 1 aromatic rings. The van der Waals surface area contributed by atoms with Crippen LogP contribution in [0.1, 0.15) is 0 Å². The van der Waals surface area contributed by atoms with E-state index >= 15 is 0 Å². The molecule has 11 heteroatoms. The molecular formula is C5H2Cl5CrNO4. The normalized spacial score (nSPS) is 10.7. The summed E-state index contributed by atoms with van der Waals surface area (Å²) in [5.74, 6) is 0. The van der Waals surface area contributed by atoms with Crippen molar-refractivity contribution in [1.82, 2.24) is 4.98 Å². The second kappa shape index (κ2) is 6.55. The van der Waals surface area contributed by atoms with E-state index < -0.39 is 13.6 Å². The molecule has 0 saturated carbocycles. The van der Waals surface area contributed by atoms with Crippen molar-refractivity contribution in [2.45, 2.75) is 0 Å². The monoisotopic (exact) mass is 367 g/mol. The van der Waals surface area contributed by atoms with Gasteiger partial charge < -0.3 is 0 Å². The Hall–Kier alpha value is 0.652. The van der Waals surface area contributed by atoms with E-state index in [1.165, 1.54) is 0 Å². The van der Waals surface area contributed by atoms with Crippen molar-refractivity contribution >= 4 is 58.0 Å². The van der Waals surface area contributed by atoms with Gasteiger partial charge in [-0.05, 0) is 0 Å². The predicted octanol–water partition coefficient (Wildman–Crippen LogP) is 2.99. The maximum absolute atomic E-state index is 8.82. The number of aromatic nitrogens is 1. The van der Waals surface area contributed by atoms with Crippen LogP contribution in [0.5, 0.6) is 0 Å². The first-order valence-corrected chi connectivity index (χ1v) is 7.16. The number of hydrogen-bond acceptors (Lipinski definition) is 3.